The average molecular weight is 525 g/mol. The molecular weight excluding hydrogens is 509 g/mol. The van der Waals surface area contributed by atoms with Gasteiger partial charge >= 0.3 is 6.18 Å². The number of halogens is 4. The number of thiazole rings is 1. The van der Waals surface area contributed by atoms with Crippen molar-refractivity contribution in [2.75, 3.05) is 5.32 Å². The van der Waals surface area contributed by atoms with E-state index in [1.807, 2.05) is 0 Å². The minimum atomic E-state index is -4.67. The van der Waals surface area contributed by atoms with Gasteiger partial charge in [-0.15, -0.1) is 11.3 Å². The third-order valence-corrected chi connectivity index (χ3v) is 6.13. The summed E-state index contributed by atoms with van der Waals surface area (Å²) in [5, 5.41) is 19.6. The molecule has 0 fully saturated rings. The summed E-state index contributed by atoms with van der Waals surface area (Å²) in [6.45, 7) is 1.69. The highest BCUT2D eigenvalue weighted by molar-refractivity contribution is 7.11. The maximum absolute atomic E-state index is 13.0. The predicted molar refractivity (Wildman–Crippen MR) is 120 cm³/mol. The molecule has 15 heteroatoms. The van der Waals surface area contributed by atoms with Gasteiger partial charge < -0.3 is 15.7 Å². The fourth-order valence-electron chi connectivity index (χ4n) is 2.91. The number of aromatic nitrogens is 6. The first kappa shape index (κ1) is 24.5. The normalized spacial score (nSPS) is 13.3. The van der Waals surface area contributed by atoms with Crippen LogP contribution in [0, 0.1) is 0 Å². The minimum Gasteiger partial charge on any atom is -0.369 e. The highest BCUT2D eigenvalue weighted by atomic mass is 35.5. The second kappa shape index (κ2) is 9.93. The summed E-state index contributed by atoms with van der Waals surface area (Å²) in [7, 11) is 0. The van der Waals surface area contributed by atoms with Gasteiger partial charge in [-0.3, -0.25) is 4.79 Å². The van der Waals surface area contributed by atoms with E-state index in [1.54, 1.807) is 25.4 Å². The number of nitrogens with zero attached hydrogens (tertiary/aromatic N) is 6. The van der Waals surface area contributed by atoms with E-state index in [2.05, 4.69) is 35.7 Å². The van der Waals surface area contributed by atoms with E-state index in [-0.39, 0.29) is 11.5 Å². The van der Waals surface area contributed by atoms with Crippen molar-refractivity contribution in [3.8, 4) is 5.82 Å². The van der Waals surface area contributed by atoms with Crippen molar-refractivity contribution < 1.29 is 23.1 Å². The van der Waals surface area contributed by atoms with E-state index in [0.29, 0.717) is 21.8 Å². The number of aliphatic hydroxyl groups excluding tert-OH is 1. The number of rotatable bonds is 7. The molecule has 4 heterocycles. The predicted octanol–water partition coefficient (Wildman–Crippen LogP) is 3.78. The standard InChI is InChI=1S/C20H16ClF3N8O2S/c1-10(30-17(33)13-6-16(28-9-27-13)32-4-2-3-29-32)19-26-8-14(35-19)18(34)31-15-5-11(20(22,23)24)12(21)7-25-15/h2-10,18,34H,1H3,(H,25,31)(H,30,33)/t10-,18?/m1/s1. The van der Waals surface area contributed by atoms with E-state index in [0.717, 1.165) is 17.5 Å². The number of anilines is 1. The molecule has 182 valence electrons. The van der Waals surface area contributed by atoms with Gasteiger partial charge in [0.2, 0.25) is 0 Å². The van der Waals surface area contributed by atoms with Crippen molar-refractivity contribution >= 4 is 34.7 Å². The van der Waals surface area contributed by atoms with Crippen molar-refractivity contribution in [1.29, 1.82) is 0 Å². The number of alkyl halides is 3. The topological polar surface area (TPSA) is 131 Å². The van der Waals surface area contributed by atoms with Crippen LogP contribution in [0.15, 0.2) is 49.3 Å². The highest BCUT2D eigenvalue weighted by Gasteiger charge is 2.34. The van der Waals surface area contributed by atoms with Crippen molar-refractivity contribution in [2.45, 2.75) is 25.4 Å². The third-order valence-electron chi connectivity index (χ3n) is 4.60. The highest BCUT2D eigenvalue weighted by Crippen LogP contribution is 2.36. The van der Waals surface area contributed by atoms with Crippen LogP contribution in [-0.4, -0.2) is 40.7 Å². The van der Waals surface area contributed by atoms with E-state index in [1.165, 1.54) is 23.3 Å². The second-order valence-corrected chi connectivity index (χ2v) is 8.60. The van der Waals surface area contributed by atoms with Gasteiger partial charge in [0.25, 0.3) is 5.91 Å². The third kappa shape index (κ3) is 5.72. The number of amides is 1. The molecule has 0 aliphatic heterocycles. The molecule has 0 spiro atoms. The Kier molecular flexibility index (Phi) is 6.95. The van der Waals surface area contributed by atoms with Gasteiger partial charge in [0, 0.05) is 30.9 Å². The average Bonchev–Trinajstić information content (AvgIpc) is 3.52. The summed E-state index contributed by atoms with van der Waals surface area (Å²) < 4.78 is 40.6. The van der Waals surface area contributed by atoms with Crippen molar-refractivity contribution in [3.63, 3.8) is 0 Å². The van der Waals surface area contributed by atoms with E-state index < -0.39 is 34.9 Å². The van der Waals surface area contributed by atoms with Gasteiger partial charge in [-0.25, -0.2) is 24.6 Å². The van der Waals surface area contributed by atoms with Gasteiger partial charge in [0.15, 0.2) is 12.0 Å². The minimum absolute atomic E-state index is 0.116. The first-order valence-corrected chi connectivity index (χ1v) is 11.1. The number of hydrogen-bond donors (Lipinski definition) is 3. The molecule has 4 aromatic heterocycles. The summed E-state index contributed by atoms with van der Waals surface area (Å²) in [6.07, 6.45) is 0.627. The quantitative estimate of drug-likeness (QED) is 0.311. The van der Waals surface area contributed by atoms with Crippen LogP contribution >= 0.6 is 22.9 Å². The molecule has 2 atom stereocenters. The number of nitrogens with one attached hydrogen (secondary N) is 2. The molecule has 35 heavy (non-hydrogen) atoms. The van der Waals surface area contributed by atoms with Gasteiger partial charge in [-0.05, 0) is 19.1 Å². The molecule has 0 aromatic carbocycles. The van der Waals surface area contributed by atoms with Gasteiger partial charge in [0.1, 0.15) is 22.8 Å². The van der Waals surface area contributed by atoms with Gasteiger partial charge in [-0.1, -0.05) is 11.6 Å². The number of pyridine rings is 1. The SMILES string of the molecule is C[C@@H](NC(=O)c1cc(-n2cccn2)ncn1)c1ncc(C(O)Nc2cc(C(F)(F)F)c(Cl)cn2)s1. The molecule has 0 bridgehead atoms. The fraction of sp³-hybridized carbons (Fsp3) is 0.200. The summed E-state index contributed by atoms with van der Waals surface area (Å²) in [4.78, 5) is 29.0. The molecule has 0 saturated carbocycles. The number of hydrogen-bond acceptors (Lipinski definition) is 9. The molecule has 10 nitrogen and oxygen atoms in total. The lowest BCUT2D eigenvalue weighted by Gasteiger charge is -2.14. The zero-order valence-corrected chi connectivity index (χ0v) is 19.3. The maximum Gasteiger partial charge on any atom is 0.418 e. The molecule has 3 N–H and O–H groups in total. The van der Waals surface area contributed by atoms with E-state index in [9.17, 15) is 23.1 Å². The Morgan fingerprint density at radius 3 is 2.71 bits per heavy atom. The fourth-order valence-corrected chi connectivity index (χ4v) is 3.98. The molecule has 0 aliphatic carbocycles. The van der Waals surface area contributed by atoms with Crippen LogP contribution in [0.2, 0.25) is 5.02 Å². The number of carbonyl (C=O) groups is 1. The Morgan fingerprint density at radius 2 is 2.00 bits per heavy atom. The molecule has 4 aromatic rings. The maximum atomic E-state index is 13.0. The van der Waals surface area contributed by atoms with Crippen LogP contribution in [0.3, 0.4) is 0 Å². The van der Waals surface area contributed by atoms with Crippen LogP contribution in [0.25, 0.3) is 5.82 Å². The molecule has 0 radical (unpaired) electrons. The molecule has 4 rings (SSSR count). The smallest absolute Gasteiger partial charge is 0.369 e. The summed E-state index contributed by atoms with van der Waals surface area (Å²) in [6, 6.07) is 3.34. The van der Waals surface area contributed by atoms with E-state index >= 15 is 0 Å². The van der Waals surface area contributed by atoms with Crippen molar-refractivity contribution in [2.24, 2.45) is 0 Å². The molecule has 0 aliphatic rings. The largest absolute Gasteiger partial charge is 0.418 e. The zero-order valence-electron chi connectivity index (χ0n) is 17.7. The molecular formula is C20H16ClF3N8O2S. The van der Waals surface area contributed by atoms with E-state index in [4.69, 9.17) is 11.6 Å². The summed E-state index contributed by atoms with van der Waals surface area (Å²) in [5.41, 5.74) is -0.962. The summed E-state index contributed by atoms with van der Waals surface area (Å²) >= 11 is 6.62. The Balaban J connectivity index is 1.42. The molecule has 1 amide bonds. The van der Waals surface area contributed by atoms with Crippen LogP contribution in [0.5, 0.6) is 0 Å². The lowest BCUT2D eigenvalue weighted by Crippen LogP contribution is -2.27. The number of carbonyl (C=O) groups excluding carboxylic acids is 1. The van der Waals surface area contributed by atoms with Gasteiger partial charge in [-0.2, -0.15) is 18.3 Å². The van der Waals surface area contributed by atoms with Gasteiger partial charge in [0.05, 0.1) is 21.5 Å². The van der Waals surface area contributed by atoms with Crippen LogP contribution in [-0.2, 0) is 6.18 Å². The van der Waals surface area contributed by atoms with Crippen molar-refractivity contribution in [1.82, 2.24) is 35.0 Å². The Hall–Kier alpha value is -3.62. The van der Waals surface area contributed by atoms with Crippen LogP contribution < -0.4 is 10.6 Å². The molecule has 1 unspecified atom stereocenters. The Bertz CT molecular complexity index is 1330. The Labute approximate surface area is 204 Å². The Morgan fingerprint density at radius 1 is 1.20 bits per heavy atom. The van der Waals surface area contributed by atoms with Crippen molar-refractivity contribution in [3.05, 3.63) is 75.5 Å². The first-order valence-electron chi connectivity index (χ1n) is 9.87. The lowest BCUT2D eigenvalue weighted by atomic mass is 10.2. The molecule has 0 saturated heterocycles. The second-order valence-electron chi connectivity index (χ2n) is 7.10. The van der Waals surface area contributed by atoms with Crippen LogP contribution in [0.4, 0.5) is 19.0 Å². The zero-order chi connectivity index (χ0) is 25.2. The first-order chi connectivity index (χ1) is 16.6. The number of aliphatic hydroxyl groups is 1. The van der Waals surface area contributed by atoms with Crippen LogP contribution in [0.1, 0.15) is 45.1 Å². The summed E-state index contributed by atoms with van der Waals surface area (Å²) in [5.74, 6) is -0.283. The lowest BCUT2D eigenvalue weighted by molar-refractivity contribution is -0.137. The monoisotopic (exact) mass is 524 g/mol.